The van der Waals surface area contributed by atoms with E-state index in [-0.39, 0.29) is 5.82 Å². The maximum Gasteiger partial charge on any atom is 0.453 e. The molecular formula is C26H24F4N8. The van der Waals surface area contributed by atoms with Crippen LogP contribution in [0.1, 0.15) is 18.7 Å². The molecule has 0 amide bonds. The molecule has 1 aliphatic heterocycles. The van der Waals surface area contributed by atoms with E-state index in [2.05, 4.69) is 35.2 Å². The van der Waals surface area contributed by atoms with E-state index < -0.39 is 12.0 Å². The molecule has 1 aliphatic carbocycles. The van der Waals surface area contributed by atoms with Gasteiger partial charge in [0.05, 0.1) is 11.4 Å². The molecule has 38 heavy (non-hydrogen) atoms. The zero-order valence-corrected chi connectivity index (χ0v) is 20.2. The fourth-order valence-corrected chi connectivity index (χ4v) is 4.61. The molecule has 0 atom stereocenters. The first kappa shape index (κ1) is 24.3. The first-order valence-electron chi connectivity index (χ1n) is 12.3. The lowest BCUT2D eigenvalue weighted by Gasteiger charge is -2.36. The second-order valence-corrected chi connectivity index (χ2v) is 9.40. The van der Waals surface area contributed by atoms with Crippen LogP contribution < -0.4 is 10.2 Å². The van der Waals surface area contributed by atoms with Crippen LogP contribution in [0.3, 0.4) is 0 Å². The predicted molar refractivity (Wildman–Crippen MR) is 134 cm³/mol. The van der Waals surface area contributed by atoms with Crippen molar-refractivity contribution in [3.05, 3.63) is 72.7 Å². The van der Waals surface area contributed by atoms with Gasteiger partial charge in [0.15, 0.2) is 0 Å². The van der Waals surface area contributed by atoms with Gasteiger partial charge in [0.2, 0.25) is 5.95 Å². The fraction of sp³-hybridized carbons (Fsp3) is 0.308. The Kier molecular flexibility index (Phi) is 6.18. The summed E-state index contributed by atoms with van der Waals surface area (Å²) in [4.78, 5) is 16.8. The molecule has 1 saturated carbocycles. The Bertz CT molecular complexity index is 1420. The van der Waals surface area contributed by atoms with Crippen molar-refractivity contribution in [2.24, 2.45) is 0 Å². The maximum atomic E-state index is 14.6. The standard InChI is InChI=1S/C26H24F4N8/c27-18-13-17(14-22(15-18)37-11-9-36(10-12-37)20-5-6-20)23-7-8-31-25(34-23)33-19-1-3-21(4-2-19)38-16-32-24(35-38)26(28,29)30/h1-4,7-8,13-16,20H,5-6,9-12H2,(H,31,33,34). The van der Waals surface area contributed by atoms with Crippen molar-refractivity contribution in [2.75, 3.05) is 36.4 Å². The lowest BCUT2D eigenvalue weighted by atomic mass is 10.1. The molecule has 4 aromatic rings. The van der Waals surface area contributed by atoms with Gasteiger partial charge in [-0.25, -0.2) is 24.0 Å². The number of halogens is 4. The highest BCUT2D eigenvalue weighted by Gasteiger charge is 2.36. The van der Waals surface area contributed by atoms with Gasteiger partial charge in [-0.1, -0.05) is 0 Å². The average molecular weight is 525 g/mol. The topological polar surface area (TPSA) is 75.0 Å². The quantitative estimate of drug-likeness (QED) is 0.359. The van der Waals surface area contributed by atoms with Crippen molar-refractivity contribution in [3.63, 3.8) is 0 Å². The number of anilines is 3. The number of hydrogen-bond acceptors (Lipinski definition) is 7. The van der Waals surface area contributed by atoms with Gasteiger partial charge in [-0.15, -0.1) is 5.10 Å². The predicted octanol–water partition coefficient (Wildman–Crippen LogP) is 4.91. The van der Waals surface area contributed by atoms with Crippen molar-refractivity contribution >= 4 is 17.3 Å². The van der Waals surface area contributed by atoms with Gasteiger partial charge >= 0.3 is 6.18 Å². The minimum atomic E-state index is -4.61. The number of piperazine rings is 1. The van der Waals surface area contributed by atoms with Crippen LogP contribution in [0.25, 0.3) is 16.9 Å². The zero-order chi connectivity index (χ0) is 26.3. The van der Waals surface area contributed by atoms with Crippen LogP contribution in [-0.2, 0) is 6.18 Å². The number of nitrogens with one attached hydrogen (secondary N) is 1. The van der Waals surface area contributed by atoms with Crippen molar-refractivity contribution < 1.29 is 17.6 Å². The lowest BCUT2D eigenvalue weighted by Crippen LogP contribution is -2.47. The third kappa shape index (κ3) is 5.30. The number of alkyl halides is 3. The SMILES string of the molecule is Fc1cc(-c2ccnc(Nc3ccc(-n4cnc(C(F)(F)F)n4)cc3)n2)cc(N2CCN(C3CC3)CC2)c1. The van der Waals surface area contributed by atoms with Crippen molar-refractivity contribution in [1.82, 2.24) is 29.6 Å². The molecule has 2 aliphatic rings. The van der Waals surface area contributed by atoms with Crippen molar-refractivity contribution in [3.8, 4) is 16.9 Å². The summed E-state index contributed by atoms with van der Waals surface area (Å²) < 4.78 is 54.0. The first-order chi connectivity index (χ1) is 18.3. The highest BCUT2D eigenvalue weighted by molar-refractivity contribution is 5.67. The van der Waals surface area contributed by atoms with Gasteiger partial charge in [-0.3, -0.25) is 4.90 Å². The first-order valence-corrected chi connectivity index (χ1v) is 12.3. The Morgan fingerprint density at radius 3 is 2.32 bits per heavy atom. The highest BCUT2D eigenvalue weighted by atomic mass is 19.4. The van der Waals surface area contributed by atoms with Gasteiger partial charge < -0.3 is 10.2 Å². The van der Waals surface area contributed by atoms with Crippen molar-refractivity contribution in [2.45, 2.75) is 25.1 Å². The van der Waals surface area contributed by atoms with Gasteiger partial charge in [0.1, 0.15) is 12.1 Å². The molecule has 2 aromatic heterocycles. The van der Waals surface area contributed by atoms with Crippen LogP contribution in [0.5, 0.6) is 0 Å². The van der Waals surface area contributed by atoms with Crippen LogP contribution in [0, 0.1) is 5.82 Å². The smallest absolute Gasteiger partial charge is 0.369 e. The Labute approximate surface area is 216 Å². The van der Waals surface area contributed by atoms with Gasteiger partial charge in [-0.05, 0) is 61.4 Å². The van der Waals surface area contributed by atoms with Crippen LogP contribution in [0.2, 0.25) is 0 Å². The van der Waals surface area contributed by atoms with Crippen LogP contribution in [-0.4, -0.2) is 61.9 Å². The van der Waals surface area contributed by atoms with E-state index in [0.717, 1.165) is 48.9 Å². The molecule has 8 nitrogen and oxygen atoms in total. The minimum absolute atomic E-state index is 0.305. The summed E-state index contributed by atoms with van der Waals surface area (Å²) in [5, 5.41) is 6.55. The zero-order valence-electron chi connectivity index (χ0n) is 20.2. The van der Waals surface area contributed by atoms with E-state index in [1.165, 1.54) is 18.9 Å². The fourth-order valence-electron chi connectivity index (χ4n) is 4.61. The average Bonchev–Trinajstić information content (AvgIpc) is 3.64. The van der Waals surface area contributed by atoms with Crippen molar-refractivity contribution in [1.29, 1.82) is 0 Å². The summed E-state index contributed by atoms with van der Waals surface area (Å²) in [6, 6.07) is 14.0. The van der Waals surface area contributed by atoms with E-state index in [9.17, 15) is 17.6 Å². The second kappa shape index (κ2) is 9.67. The number of benzene rings is 2. The van der Waals surface area contributed by atoms with Crippen LogP contribution >= 0.6 is 0 Å². The molecular weight excluding hydrogens is 500 g/mol. The van der Waals surface area contributed by atoms with E-state index in [4.69, 9.17) is 0 Å². The third-order valence-corrected chi connectivity index (χ3v) is 6.71. The number of aromatic nitrogens is 5. The van der Waals surface area contributed by atoms with Crippen LogP contribution in [0.15, 0.2) is 61.1 Å². The summed E-state index contributed by atoms with van der Waals surface area (Å²) >= 11 is 0. The van der Waals surface area contributed by atoms with E-state index >= 15 is 0 Å². The molecule has 12 heteroatoms. The molecule has 0 bridgehead atoms. The van der Waals surface area contributed by atoms with E-state index in [1.807, 2.05) is 6.07 Å². The molecule has 1 saturated heterocycles. The largest absolute Gasteiger partial charge is 0.453 e. The minimum Gasteiger partial charge on any atom is -0.369 e. The lowest BCUT2D eigenvalue weighted by molar-refractivity contribution is -0.144. The Balaban J connectivity index is 1.16. The van der Waals surface area contributed by atoms with Gasteiger partial charge in [0, 0.05) is 55.4 Å². The molecule has 2 aromatic carbocycles. The summed E-state index contributed by atoms with van der Waals surface area (Å²) in [5.74, 6) is -1.22. The molecule has 196 valence electrons. The maximum absolute atomic E-state index is 14.6. The number of nitrogens with zero attached hydrogens (tertiary/aromatic N) is 7. The molecule has 0 unspecified atom stereocenters. The Morgan fingerprint density at radius 1 is 0.868 bits per heavy atom. The normalized spacial score (nSPS) is 16.6. The number of hydrogen-bond donors (Lipinski definition) is 1. The Hall–Kier alpha value is -4.06. The number of rotatable bonds is 6. The molecule has 6 rings (SSSR count). The van der Waals surface area contributed by atoms with Gasteiger partial charge in [0.25, 0.3) is 5.82 Å². The molecule has 1 N–H and O–H groups in total. The van der Waals surface area contributed by atoms with E-state index in [1.54, 1.807) is 42.6 Å². The van der Waals surface area contributed by atoms with E-state index in [0.29, 0.717) is 28.6 Å². The molecule has 0 radical (unpaired) electrons. The summed E-state index contributed by atoms with van der Waals surface area (Å²) in [6.45, 7) is 3.69. The molecule has 3 heterocycles. The van der Waals surface area contributed by atoms with Crippen LogP contribution in [0.4, 0.5) is 34.9 Å². The molecule has 0 spiro atoms. The summed E-state index contributed by atoms with van der Waals surface area (Å²) in [5.41, 5.74) is 3.09. The second-order valence-electron chi connectivity index (χ2n) is 9.40. The third-order valence-electron chi connectivity index (χ3n) is 6.71. The monoisotopic (exact) mass is 524 g/mol. The highest BCUT2D eigenvalue weighted by Crippen LogP contribution is 2.31. The van der Waals surface area contributed by atoms with Gasteiger partial charge in [-0.2, -0.15) is 13.2 Å². The molecule has 2 fully saturated rings. The Morgan fingerprint density at radius 2 is 1.63 bits per heavy atom. The summed E-state index contributed by atoms with van der Waals surface area (Å²) in [7, 11) is 0. The summed E-state index contributed by atoms with van der Waals surface area (Å²) in [6.07, 6.45) is 0.554.